The summed E-state index contributed by atoms with van der Waals surface area (Å²) in [6, 6.07) is 0. The lowest BCUT2D eigenvalue weighted by molar-refractivity contribution is 0.795. The summed E-state index contributed by atoms with van der Waals surface area (Å²) in [6.45, 7) is 1.91. The summed E-state index contributed by atoms with van der Waals surface area (Å²) in [6.07, 6.45) is 3.45. The fourth-order valence-electron chi connectivity index (χ4n) is 0.941. The predicted molar refractivity (Wildman–Crippen MR) is 51.7 cm³/mol. The van der Waals surface area contributed by atoms with E-state index in [1.165, 1.54) is 4.68 Å². The van der Waals surface area contributed by atoms with Crippen LogP contribution in [0, 0.1) is 6.92 Å². The fourth-order valence-corrected chi connectivity index (χ4v) is 1.30. The van der Waals surface area contributed by atoms with E-state index < -0.39 is 0 Å². The average Bonchev–Trinajstić information content (AvgIpc) is 2.50. The molecule has 0 aliphatic carbocycles. The van der Waals surface area contributed by atoms with Crippen LogP contribution in [0.4, 0.5) is 0 Å². The molecular formula is C7H5Cl2N5. The van der Waals surface area contributed by atoms with E-state index in [1.54, 1.807) is 12.4 Å². The van der Waals surface area contributed by atoms with Gasteiger partial charge >= 0.3 is 0 Å². The van der Waals surface area contributed by atoms with Gasteiger partial charge in [-0.05, 0) is 35.7 Å². The van der Waals surface area contributed by atoms with Crippen molar-refractivity contribution in [3.8, 4) is 5.95 Å². The number of aryl methyl sites for hydroxylation is 1. The highest BCUT2D eigenvalue weighted by atomic mass is 35.5. The van der Waals surface area contributed by atoms with Crippen molar-refractivity contribution in [2.45, 2.75) is 6.92 Å². The highest BCUT2D eigenvalue weighted by molar-refractivity contribution is 6.31. The van der Waals surface area contributed by atoms with Crippen LogP contribution in [0.25, 0.3) is 5.95 Å². The standard InChI is InChI=1S/C7H5Cl2N5/c1-4-2-10-14(3-4)7-12-5(8)11-6(9)13-7/h2-3H,1H3. The molecule has 0 aromatic carbocycles. The van der Waals surface area contributed by atoms with Gasteiger partial charge in [0.2, 0.25) is 10.6 Å². The molecule has 5 nitrogen and oxygen atoms in total. The maximum Gasteiger partial charge on any atom is 0.256 e. The molecule has 0 radical (unpaired) electrons. The Morgan fingerprint density at radius 3 is 2.29 bits per heavy atom. The lowest BCUT2D eigenvalue weighted by atomic mass is 10.4. The Hall–Kier alpha value is -1.20. The molecule has 0 N–H and O–H groups in total. The molecule has 0 aliphatic rings. The minimum Gasteiger partial charge on any atom is -0.206 e. The Labute approximate surface area is 89.7 Å². The van der Waals surface area contributed by atoms with Crippen LogP contribution in [-0.2, 0) is 0 Å². The monoisotopic (exact) mass is 229 g/mol. The Kier molecular flexibility index (Phi) is 2.35. The first-order valence-corrected chi connectivity index (χ1v) is 4.49. The molecule has 0 unspecified atom stereocenters. The van der Waals surface area contributed by atoms with Gasteiger partial charge in [0.1, 0.15) is 0 Å². The SMILES string of the molecule is Cc1cnn(-c2nc(Cl)nc(Cl)n2)c1. The number of hydrogen-bond acceptors (Lipinski definition) is 4. The molecule has 0 bridgehead atoms. The van der Waals surface area contributed by atoms with Gasteiger partial charge in [0.25, 0.3) is 5.95 Å². The van der Waals surface area contributed by atoms with E-state index in [0.717, 1.165) is 5.56 Å². The van der Waals surface area contributed by atoms with Gasteiger partial charge in [-0.25, -0.2) is 4.68 Å². The molecule has 0 atom stereocenters. The van der Waals surface area contributed by atoms with Crippen molar-refractivity contribution in [3.05, 3.63) is 28.5 Å². The molecule has 2 aromatic rings. The summed E-state index contributed by atoms with van der Waals surface area (Å²) in [4.78, 5) is 11.4. The first kappa shape index (κ1) is 9.36. The van der Waals surface area contributed by atoms with Gasteiger partial charge in [-0.1, -0.05) is 0 Å². The van der Waals surface area contributed by atoms with E-state index in [1.807, 2.05) is 6.92 Å². The topological polar surface area (TPSA) is 56.5 Å². The largest absolute Gasteiger partial charge is 0.256 e. The zero-order chi connectivity index (χ0) is 10.1. The molecule has 72 valence electrons. The van der Waals surface area contributed by atoms with Crippen molar-refractivity contribution in [2.75, 3.05) is 0 Å². The summed E-state index contributed by atoms with van der Waals surface area (Å²) in [5.74, 6) is 0.308. The molecule has 2 aromatic heterocycles. The van der Waals surface area contributed by atoms with Crippen molar-refractivity contribution in [3.63, 3.8) is 0 Å². The quantitative estimate of drug-likeness (QED) is 0.747. The normalized spacial score (nSPS) is 10.5. The maximum atomic E-state index is 5.62. The fraction of sp³-hybridized carbons (Fsp3) is 0.143. The third-order valence-corrected chi connectivity index (χ3v) is 1.82. The van der Waals surface area contributed by atoms with Gasteiger partial charge in [0, 0.05) is 6.20 Å². The summed E-state index contributed by atoms with van der Waals surface area (Å²) in [5.41, 5.74) is 0.998. The summed E-state index contributed by atoms with van der Waals surface area (Å²) in [7, 11) is 0. The molecule has 0 saturated heterocycles. The second kappa shape index (κ2) is 3.51. The molecular weight excluding hydrogens is 225 g/mol. The average molecular weight is 230 g/mol. The minimum atomic E-state index is 0.0492. The van der Waals surface area contributed by atoms with Gasteiger partial charge in [-0.2, -0.15) is 20.1 Å². The molecule has 0 aliphatic heterocycles. The van der Waals surface area contributed by atoms with E-state index in [0.29, 0.717) is 5.95 Å². The van der Waals surface area contributed by atoms with Gasteiger partial charge in [0.15, 0.2) is 0 Å². The van der Waals surface area contributed by atoms with E-state index >= 15 is 0 Å². The van der Waals surface area contributed by atoms with Crippen LogP contribution in [0.5, 0.6) is 0 Å². The van der Waals surface area contributed by atoms with Crippen molar-refractivity contribution < 1.29 is 0 Å². The lowest BCUT2D eigenvalue weighted by Gasteiger charge is -1.98. The first-order chi connectivity index (χ1) is 6.65. The molecule has 0 fully saturated rings. The molecule has 14 heavy (non-hydrogen) atoms. The zero-order valence-electron chi connectivity index (χ0n) is 7.15. The maximum absolute atomic E-state index is 5.62. The second-order valence-corrected chi connectivity index (χ2v) is 3.31. The van der Waals surface area contributed by atoms with E-state index in [-0.39, 0.29) is 10.6 Å². The first-order valence-electron chi connectivity index (χ1n) is 3.74. The number of rotatable bonds is 1. The van der Waals surface area contributed by atoms with E-state index in [4.69, 9.17) is 23.2 Å². The van der Waals surface area contributed by atoms with E-state index in [2.05, 4.69) is 20.1 Å². The van der Waals surface area contributed by atoms with Crippen LogP contribution in [0.2, 0.25) is 10.6 Å². The molecule has 0 spiro atoms. The zero-order valence-corrected chi connectivity index (χ0v) is 8.66. The molecule has 7 heteroatoms. The number of nitrogens with zero attached hydrogens (tertiary/aromatic N) is 5. The van der Waals surface area contributed by atoms with Crippen molar-refractivity contribution >= 4 is 23.2 Å². The minimum absolute atomic E-state index is 0.0492. The van der Waals surface area contributed by atoms with Crippen LogP contribution in [0.3, 0.4) is 0 Å². The Morgan fingerprint density at radius 2 is 1.79 bits per heavy atom. The lowest BCUT2D eigenvalue weighted by Crippen LogP contribution is -2.03. The van der Waals surface area contributed by atoms with Crippen LogP contribution < -0.4 is 0 Å². The highest BCUT2D eigenvalue weighted by Gasteiger charge is 2.05. The van der Waals surface area contributed by atoms with Gasteiger partial charge in [-0.15, -0.1) is 0 Å². The van der Waals surface area contributed by atoms with Crippen LogP contribution >= 0.6 is 23.2 Å². The third kappa shape index (κ3) is 1.83. The number of aromatic nitrogens is 5. The molecule has 0 saturated carbocycles. The Balaban J connectivity index is 2.51. The predicted octanol–water partition coefficient (Wildman–Crippen LogP) is 1.67. The summed E-state index contributed by atoms with van der Waals surface area (Å²) >= 11 is 11.2. The van der Waals surface area contributed by atoms with E-state index in [9.17, 15) is 0 Å². The summed E-state index contributed by atoms with van der Waals surface area (Å²) in [5, 5.41) is 4.11. The molecule has 2 heterocycles. The Bertz CT molecular complexity index is 447. The van der Waals surface area contributed by atoms with Crippen molar-refractivity contribution in [1.29, 1.82) is 0 Å². The van der Waals surface area contributed by atoms with Gasteiger partial charge < -0.3 is 0 Å². The van der Waals surface area contributed by atoms with Crippen LogP contribution in [0.1, 0.15) is 5.56 Å². The number of halogens is 2. The van der Waals surface area contributed by atoms with Crippen molar-refractivity contribution in [2.24, 2.45) is 0 Å². The van der Waals surface area contributed by atoms with Crippen LogP contribution in [-0.4, -0.2) is 24.7 Å². The Morgan fingerprint density at radius 1 is 1.14 bits per heavy atom. The third-order valence-electron chi connectivity index (χ3n) is 1.49. The highest BCUT2D eigenvalue weighted by Crippen LogP contribution is 2.09. The van der Waals surface area contributed by atoms with Crippen LogP contribution in [0.15, 0.2) is 12.4 Å². The van der Waals surface area contributed by atoms with Crippen molar-refractivity contribution in [1.82, 2.24) is 24.7 Å². The smallest absolute Gasteiger partial charge is 0.206 e. The molecule has 0 amide bonds. The molecule has 2 rings (SSSR count). The number of hydrogen-bond donors (Lipinski definition) is 0. The van der Waals surface area contributed by atoms with Gasteiger partial charge in [0.05, 0.1) is 6.20 Å². The second-order valence-electron chi connectivity index (χ2n) is 2.64. The van der Waals surface area contributed by atoms with Gasteiger partial charge in [-0.3, -0.25) is 0 Å². The summed E-state index contributed by atoms with van der Waals surface area (Å²) < 4.78 is 1.48.